The van der Waals surface area contributed by atoms with Crippen LogP contribution in [-0.4, -0.2) is 44.4 Å². The van der Waals surface area contributed by atoms with Crippen molar-refractivity contribution in [3.8, 4) is 23.3 Å². The van der Waals surface area contributed by atoms with Gasteiger partial charge in [-0.2, -0.15) is 20.7 Å². The number of rotatable bonds is 4. The lowest BCUT2D eigenvalue weighted by Crippen LogP contribution is -2.32. The minimum atomic E-state index is 0.402. The molecule has 0 bridgehead atoms. The smallest absolute Gasteiger partial charge is 0.103 e. The molecule has 0 radical (unpaired) electrons. The Hall–Kier alpha value is -3.59. The van der Waals surface area contributed by atoms with Crippen LogP contribution in [0.4, 0.5) is 0 Å². The summed E-state index contributed by atoms with van der Waals surface area (Å²) in [4.78, 5) is 4.11. The summed E-state index contributed by atoms with van der Waals surface area (Å²) in [5.41, 5.74) is 6.11. The lowest BCUT2D eigenvalue weighted by atomic mass is 10.0. The number of fused-ring (bicyclic) bond motifs is 1. The van der Waals surface area contributed by atoms with E-state index >= 15 is 0 Å². The van der Waals surface area contributed by atoms with Crippen LogP contribution in [0.25, 0.3) is 16.6 Å². The third-order valence-corrected chi connectivity index (χ3v) is 7.68. The molecule has 34 heavy (non-hydrogen) atoms. The Bertz CT molecular complexity index is 1460. The van der Waals surface area contributed by atoms with Crippen molar-refractivity contribution in [3.05, 3.63) is 65.2 Å². The second kappa shape index (κ2) is 8.98. The standard InChI is InChI=1S/C26H25N7S/c1-17-25(18(2)33(30-17)22-8-10-31(3)11-9-22)20-12-24(26-21(14-28)15-29-32(26)16-20)34-23-7-5-4-6-19(23)13-27/h4-7,12,15-16,22H,8-11H2,1-3H3. The Morgan fingerprint density at radius 3 is 2.50 bits per heavy atom. The van der Waals surface area contributed by atoms with Crippen molar-refractivity contribution in [1.82, 2.24) is 24.3 Å². The highest BCUT2D eigenvalue weighted by molar-refractivity contribution is 7.99. The van der Waals surface area contributed by atoms with Gasteiger partial charge in [0.2, 0.25) is 0 Å². The van der Waals surface area contributed by atoms with Crippen molar-refractivity contribution in [1.29, 1.82) is 10.5 Å². The molecule has 0 N–H and O–H groups in total. The van der Waals surface area contributed by atoms with Crippen LogP contribution in [0.2, 0.25) is 0 Å². The normalized spacial score (nSPS) is 14.9. The molecule has 5 rings (SSSR count). The maximum Gasteiger partial charge on any atom is 0.103 e. The molecule has 1 fully saturated rings. The zero-order valence-electron chi connectivity index (χ0n) is 19.5. The van der Waals surface area contributed by atoms with Gasteiger partial charge in [0, 0.05) is 32.8 Å². The van der Waals surface area contributed by atoms with Crippen LogP contribution in [0.15, 0.2) is 52.5 Å². The summed E-state index contributed by atoms with van der Waals surface area (Å²) < 4.78 is 3.97. The fourth-order valence-electron chi connectivity index (χ4n) is 4.82. The van der Waals surface area contributed by atoms with E-state index in [1.54, 1.807) is 10.7 Å². The van der Waals surface area contributed by atoms with Crippen molar-refractivity contribution < 1.29 is 0 Å². The van der Waals surface area contributed by atoms with Crippen molar-refractivity contribution in [2.24, 2.45) is 0 Å². The second-order valence-electron chi connectivity index (χ2n) is 8.79. The topological polar surface area (TPSA) is 85.9 Å². The summed E-state index contributed by atoms with van der Waals surface area (Å²) in [6.45, 7) is 6.35. The zero-order valence-corrected chi connectivity index (χ0v) is 20.3. The van der Waals surface area contributed by atoms with Crippen LogP contribution in [0.3, 0.4) is 0 Å². The molecule has 4 aromatic rings. The first-order valence-corrected chi connectivity index (χ1v) is 12.1. The average Bonchev–Trinajstić information content (AvgIpc) is 3.40. The van der Waals surface area contributed by atoms with Gasteiger partial charge in [0.15, 0.2) is 0 Å². The fraction of sp³-hybridized carbons (Fsp3) is 0.308. The van der Waals surface area contributed by atoms with E-state index in [1.165, 1.54) is 11.8 Å². The first kappa shape index (κ1) is 22.2. The maximum atomic E-state index is 9.67. The second-order valence-corrected chi connectivity index (χ2v) is 9.87. The first-order chi connectivity index (χ1) is 16.5. The van der Waals surface area contributed by atoms with Crippen molar-refractivity contribution in [2.75, 3.05) is 20.1 Å². The summed E-state index contributed by atoms with van der Waals surface area (Å²) in [6.07, 6.45) is 5.76. The van der Waals surface area contributed by atoms with E-state index < -0.39 is 0 Å². The Morgan fingerprint density at radius 2 is 1.76 bits per heavy atom. The van der Waals surface area contributed by atoms with Gasteiger partial charge in [-0.3, -0.25) is 4.68 Å². The highest BCUT2D eigenvalue weighted by Crippen LogP contribution is 2.39. The van der Waals surface area contributed by atoms with Crippen LogP contribution in [-0.2, 0) is 0 Å². The Kier molecular flexibility index (Phi) is 5.87. The Labute approximate surface area is 203 Å². The van der Waals surface area contributed by atoms with E-state index in [9.17, 15) is 10.5 Å². The molecular weight excluding hydrogens is 442 g/mol. The molecule has 0 atom stereocenters. The zero-order chi connectivity index (χ0) is 23.8. The molecule has 4 heterocycles. The molecule has 0 amide bonds. The molecule has 8 heteroatoms. The minimum absolute atomic E-state index is 0.402. The van der Waals surface area contributed by atoms with Gasteiger partial charge in [-0.25, -0.2) is 4.52 Å². The lowest BCUT2D eigenvalue weighted by Gasteiger charge is -2.29. The molecule has 0 spiro atoms. The van der Waals surface area contributed by atoms with Gasteiger partial charge in [-0.15, -0.1) is 0 Å². The minimum Gasteiger partial charge on any atom is -0.306 e. The third-order valence-electron chi connectivity index (χ3n) is 6.57. The van der Waals surface area contributed by atoms with E-state index in [0.717, 1.165) is 63.8 Å². The van der Waals surface area contributed by atoms with Crippen molar-refractivity contribution >= 4 is 17.3 Å². The largest absolute Gasteiger partial charge is 0.306 e. The summed E-state index contributed by atoms with van der Waals surface area (Å²) in [5.74, 6) is 0. The molecular formula is C26H25N7S. The van der Waals surface area contributed by atoms with E-state index in [1.807, 2.05) is 30.5 Å². The third kappa shape index (κ3) is 3.86. The fourth-order valence-corrected chi connectivity index (χ4v) is 5.92. The van der Waals surface area contributed by atoms with Gasteiger partial charge in [0.25, 0.3) is 0 Å². The van der Waals surface area contributed by atoms with Crippen LogP contribution in [0.1, 0.15) is 41.4 Å². The van der Waals surface area contributed by atoms with Gasteiger partial charge in [-0.05, 0) is 65.0 Å². The number of aryl methyl sites for hydroxylation is 1. The quantitative estimate of drug-likeness (QED) is 0.421. The summed E-state index contributed by atoms with van der Waals surface area (Å²) >= 11 is 1.49. The van der Waals surface area contributed by atoms with Crippen molar-refractivity contribution in [2.45, 2.75) is 42.5 Å². The number of pyridine rings is 1. The van der Waals surface area contributed by atoms with Crippen LogP contribution in [0.5, 0.6) is 0 Å². The SMILES string of the molecule is Cc1nn(C2CCN(C)CC2)c(C)c1-c1cc(Sc2ccccc2C#N)c2c(C#N)cnn2c1. The predicted molar refractivity (Wildman–Crippen MR) is 132 cm³/mol. The number of benzene rings is 1. The van der Waals surface area contributed by atoms with E-state index in [2.05, 4.69) is 53.8 Å². The predicted octanol–water partition coefficient (Wildman–Crippen LogP) is 4.98. The number of aromatic nitrogens is 4. The molecule has 1 aromatic carbocycles. The molecule has 7 nitrogen and oxygen atoms in total. The summed E-state index contributed by atoms with van der Waals surface area (Å²) in [6, 6.07) is 14.6. The Morgan fingerprint density at radius 1 is 1.03 bits per heavy atom. The summed E-state index contributed by atoms with van der Waals surface area (Å²) in [5, 5.41) is 28.7. The van der Waals surface area contributed by atoms with E-state index in [-0.39, 0.29) is 0 Å². The number of piperidine rings is 1. The number of hydrogen-bond acceptors (Lipinski definition) is 6. The molecule has 0 aliphatic carbocycles. The van der Waals surface area contributed by atoms with Gasteiger partial charge in [-0.1, -0.05) is 23.9 Å². The van der Waals surface area contributed by atoms with Gasteiger partial charge in [0.1, 0.15) is 12.1 Å². The number of hydrogen-bond donors (Lipinski definition) is 0. The molecule has 0 unspecified atom stereocenters. The van der Waals surface area contributed by atoms with Crippen LogP contribution in [0, 0.1) is 36.5 Å². The van der Waals surface area contributed by atoms with E-state index in [0.29, 0.717) is 17.2 Å². The highest BCUT2D eigenvalue weighted by atomic mass is 32.2. The summed E-state index contributed by atoms with van der Waals surface area (Å²) in [7, 11) is 2.17. The molecule has 1 saturated heterocycles. The van der Waals surface area contributed by atoms with Gasteiger partial charge < -0.3 is 4.90 Å². The van der Waals surface area contributed by atoms with Crippen molar-refractivity contribution in [3.63, 3.8) is 0 Å². The number of nitrogens with zero attached hydrogens (tertiary/aromatic N) is 7. The number of nitriles is 2. The molecule has 1 aliphatic heterocycles. The molecule has 170 valence electrons. The van der Waals surface area contributed by atoms with E-state index in [4.69, 9.17) is 5.10 Å². The Balaban J connectivity index is 1.63. The number of likely N-dealkylation sites (tertiary alicyclic amines) is 1. The van der Waals surface area contributed by atoms with Gasteiger partial charge >= 0.3 is 0 Å². The molecule has 1 aliphatic rings. The highest BCUT2D eigenvalue weighted by Gasteiger charge is 2.24. The molecule has 0 saturated carbocycles. The first-order valence-electron chi connectivity index (χ1n) is 11.3. The maximum absolute atomic E-state index is 9.67. The monoisotopic (exact) mass is 467 g/mol. The molecule has 3 aromatic heterocycles. The van der Waals surface area contributed by atoms with Crippen LogP contribution < -0.4 is 0 Å². The van der Waals surface area contributed by atoms with Gasteiger partial charge in [0.05, 0.1) is 34.6 Å². The average molecular weight is 468 g/mol. The van der Waals surface area contributed by atoms with Crippen LogP contribution >= 0.6 is 11.8 Å². The lowest BCUT2D eigenvalue weighted by molar-refractivity contribution is 0.210.